The molecule has 3 heteroatoms. The van der Waals surface area contributed by atoms with Gasteiger partial charge in [0.1, 0.15) is 0 Å². The van der Waals surface area contributed by atoms with Gasteiger partial charge in [0.15, 0.2) is 5.96 Å². The summed E-state index contributed by atoms with van der Waals surface area (Å²) in [7, 11) is 0. The van der Waals surface area contributed by atoms with E-state index in [9.17, 15) is 0 Å². The lowest BCUT2D eigenvalue weighted by Crippen LogP contribution is -2.36. The third-order valence-electron chi connectivity index (χ3n) is 3.43. The highest BCUT2D eigenvalue weighted by Gasteiger charge is 2.20. The van der Waals surface area contributed by atoms with Crippen LogP contribution in [0.2, 0.25) is 0 Å². The lowest BCUT2D eigenvalue weighted by Gasteiger charge is -2.18. The molecule has 0 saturated carbocycles. The van der Waals surface area contributed by atoms with Crippen molar-refractivity contribution in [3.63, 3.8) is 0 Å². The Hall–Kier alpha value is -2.29. The summed E-state index contributed by atoms with van der Waals surface area (Å²) < 4.78 is 0. The van der Waals surface area contributed by atoms with Crippen LogP contribution in [-0.2, 0) is 13.0 Å². The number of nitrogens with two attached hydrogens (primary N) is 1. The lowest BCUT2D eigenvalue weighted by atomic mass is 10.2. The second-order valence-corrected chi connectivity index (χ2v) is 4.69. The molecule has 0 amide bonds. The number of guanidine groups is 1. The number of aliphatic imine (C=N–C) groups is 1. The molecule has 0 spiro atoms. The fraction of sp³-hybridized carbons (Fsp3) is 0.188. The van der Waals surface area contributed by atoms with E-state index in [0.29, 0.717) is 12.5 Å². The van der Waals surface area contributed by atoms with Crippen molar-refractivity contribution in [2.24, 2.45) is 10.7 Å². The SMILES string of the molecule is NC(=NCc1ccccc1)N1CCc2ccccc21. The molecule has 0 aromatic heterocycles. The highest BCUT2D eigenvalue weighted by molar-refractivity contribution is 5.96. The Morgan fingerprint density at radius 1 is 1.05 bits per heavy atom. The Bertz CT molecular complexity index is 590. The first-order valence-electron chi connectivity index (χ1n) is 6.54. The molecule has 3 nitrogen and oxygen atoms in total. The fourth-order valence-corrected chi connectivity index (χ4v) is 2.42. The smallest absolute Gasteiger partial charge is 0.196 e. The normalized spacial score (nSPS) is 14.5. The van der Waals surface area contributed by atoms with Crippen molar-refractivity contribution in [1.29, 1.82) is 0 Å². The van der Waals surface area contributed by atoms with Crippen molar-refractivity contribution in [2.45, 2.75) is 13.0 Å². The highest BCUT2D eigenvalue weighted by Crippen LogP contribution is 2.26. The summed E-state index contributed by atoms with van der Waals surface area (Å²) in [5.41, 5.74) is 9.84. The molecule has 0 aliphatic carbocycles. The first-order valence-corrected chi connectivity index (χ1v) is 6.54. The number of para-hydroxylation sites is 1. The van der Waals surface area contributed by atoms with Crippen molar-refractivity contribution >= 4 is 11.6 Å². The first-order chi connectivity index (χ1) is 9.34. The standard InChI is InChI=1S/C16H17N3/c17-16(18-12-13-6-2-1-3-7-13)19-11-10-14-8-4-5-9-15(14)19/h1-9H,10-12H2,(H2,17,18). The third-order valence-corrected chi connectivity index (χ3v) is 3.43. The van der Waals surface area contributed by atoms with Gasteiger partial charge in [0.05, 0.1) is 6.54 Å². The molecule has 96 valence electrons. The highest BCUT2D eigenvalue weighted by atomic mass is 15.3. The molecular formula is C16H17N3. The monoisotopic (exact) mass is 251 g/mol. The van der Waals surface area contributed by atoms with E-state index in [0.717, 1.165) is 13.0 Å². The van der Waals surface area contributed by atoms with Crippen molar-refractivity contribution in [3.8, 4) is 0 Å². The van der Waals surface area contributed by atoms with Gasteiger partial charge < -0.3 is 10.6 Å². The van der Waals surface area contributed by atoms with Crippen molar-refractivity contribution < 1.29 is 0 Å². The number of nitrogens with zero attached hydrogens (tertiary/aromatic N) is 2. The van der Waals surface area contributed by atoms with Crippen molar-refractivity contribution in [3.05, 3.63) is 65.7 Å². The van der Waals surface area contributed by atoms with E-state index < -0.39 is 0 Å². The van der Waals surface area contributed by atoms with Crippen molar-refractivity contribution in [1.82, 2.24) is 0 Å². The van der Waals surface area contributed by atoms with E-state index in [1.54, 1.807) is 0 Å². The van der Waals surface area contributed by atoms with E-state index >= 15 is 0 Å². The average molecular weight is 251 g/mol. The number of fused-ring (bicyclic) bond motifs is 1. The van der Waals surface area contributed by atoms with Gasteiger partial charge in [-0.1, -0.05) is 48.5 Å². The molecule has 2 N–H and O–H groups in total. The van der Waals surface area contributed by atoms with Gasteiger partial charge in [0.2, 0.25) is 0 Å². The molecule has 0 atom stereocenters. The predicted molar refractivity (Wildman–Crippen MR) is 79.3 cm³/mol. The number of rotatable bonds is 2. The van der Waals surface area contributed by atoms with E-state index in [1.165, 1.54) is 16.8 Å². The molecule has 2 aromatic carbocycles. The average Bonchev–Trinajstić information content (AvgIpc) is 2.90. The number of hydrogen-bond donors (Lipinski definition) is 1. The Balaban J connectivity index is 1.77. The van der Waals surface area contributed by atoms with Crippen LogP contribution in [0.3, 0.4) is 0 Å². The van der Waals surface area contributed by atoms with E-state index in [1.807, 2.05) is 24.3 Å². The third kappa shape index (κ3) is 2.45. The van der Waals surface area contributed by atoms with Crippen LogP contribution >= 0.6 is 0 Å². The van der Waals surface area contributed by atoms with Gasteiger partial charge in [-0.05, 0) is 23.6 Å². The van der Waals surface area contributed by atoms with E-state index in [-0.39, 0.29) is 0 Å². The van der Waals surface area contributed by atoms with Gasteiger partial charge in [0.25, 0.3) is 0 Å². The summed E-state index contributed by atoms with van der Waals surface area (Å²) in [5, 5.41) is 0. The first kappa shape index (κ1) is 11.8. The van der Waals surface area contributed by atoms with Crippen LogP contribution in [0.15, 0.2) is 59.6 Å². The van der Waals surface area contributed by atoms with Gasteiger partial charge in [-0.25, -0.2) is 4.99 Å². The molecule has 3 rings (SSSR count). The zero-order valence-corrected chi connectivity index (χ0v) is 10.8. The summed E-state index contributed by atoms with van der Waals surface area (Å²) in [5.74, 6) is 0.605. The largest absolute Gasteiger partial charge is 0.370 e. The van der Waals surface area contributed by atoms with Crippen LogP contribution in [0.1, 0.15) is 11.1 Å². The quantitative estimate of drug-likeness (QED) is 0.658. The Labute approximate surface area is 113 Å². The number of benzene rings is 2. The number of anilines is 1. The van der Waals surface area contributed by atoms with Crippen molar-refractivity contribution in [2.75, 3.05) is 11.4 Å². The molecule has 0 unspecified atom stereocenters. The van der Waals surface area contributed by atoms with Gasteiger partial charge in [0, 0.05) is 12.2 Å². The second kappa shape index (κ2) is 5.14. The molecule has 0 radical (unpaired) electrons. The van der Waals surface area contributed by atoms with Gasteiger partial charge >= 0.3 is 0 Å². The molecule has 1 aliphatic rings. The molecule has 1 heterocycles. The predicted octanol–water partition coefficient (Wildman–Crippen LogP) is 2.56. The summed E-state index contributed by atoms with van der Waals surface area (Å²) in [6, 6.07) is 18.5. The molecule has 2 aromatic rings. The maximum atomic E-state index is 6.12. The molecular weight excluding hydrogens is 234 g/mol. The maximum Gasteiger partial charge on any atom is 0.196 e. The molecule has 0 fully saturated rings. The van der Waals surface area contributed by atoms with Gasteiger partial charge in [-0.15, -0.1) is 0 Å². The summed E-state index contributed by atoms with van der Waals surface area (Å²) in [6.45, 7) is 1.55. The van der Waals surface area contributed by atoms with Crippen LogP contribution in [0.5, 0.6) is 0 Å². The lowest BCUT2D eigenvalue weighted by molar-refractivity contribution is 0.979. The minimum absolute atomic E-state index is 0.605. The zero-order valence-electron chi connectivity index (χ0n) is 10.8. The molecule has 0 saturated heterocycles. The van der Waals surface area contributed by atoms with Gasteiger partial charge in [-0.3, -0.25) is 0 Å². The van der Waals surface area contributed by atoms with Crippen LogP contribution in [0.4, 0.5) is 5.69 Å². The topological polar surface area (TPSA) is 41.6 Å². The van der Waals surface area contributed by atoms with E-state index in [2.05, 4.69) is 40.2 Å². The Morgan fingerprint density at radius 2 is 1.79 bits per heavy atom. The maximum absolute atomic E-state index is 6.12. The Morgan fingerprint density at radius 3 is 2.63 bits per heavy atom. The van der Waals surface area contributed by atoms with Gasteiger partial charge in [-0.2, -0.15) is 0 Å². The zero-order chi connectivity index (χ0) is 13.1. The summed E-state index contributed by atoms with van der Waals surface area (Å²) in [6.07, 6.45) is 1.04. The number of hydrogen-bond acceptors (Lipinski definition) is 1. The minimum atomic E-state index is 0.605. The second-order valence-electron chi connectivity index (χ2n) is 4.69. The van der Waals surface area contributed by atoms with E-state index in [4.69, 9.17) is 5.73 Å². The minimum Gasteiger partial charge on any atom is -0.370 e. The summed E-state index contributed by atoms with van der Waals surface area (Å²) >= 11 is 0. The van der Waals surface area contributed by atoms with Crippen LogP contribution in [0.25, 0.3) is 0 Å². The van der Waals surface area contributed by atoms with Crippen LogP contribution in [-0.4, -0.2) is 12.5 Å². The fourth-order valence-electron chi connectivity index (χ4n) is 2.42. The van der Waals surface area contributed by atoms with Crippen LogP contribution in [0, 0.1) is 0 Å². The molecule has 0 bridgehead atoms. The van der Waals surface area contributed by atoms with Crippen LogP contribution < -0.4 is 10.6 Å². The Kier molecular flexibility index (Phi) is 3.19. The molecule has 1 aliphatic heterocycles. The summed E-state index contributed by atoms with van der Waals surface area (Å²) in [4.78, 5) is 6.59. The molecule has 19 heavy (non-hydrogen) atoms.